The van der Waals surface area contributed by atoms with Gasteiger partial charge in [-0.15, -0.1) is 13.2 Å². The normalized spacial score (nSPS) is 13.6. The fourth-order valence-corrected chi connectivity index (χ4v) is 1.19. The lowest BCUT2D eigenvalue weighted by molar-refractivity contribution is -0.274. The molecule has 1 aromatic carbocycles. The highest BCUT2D eigenvalue weighted by Crippen LogP contribution is 2.28. The van der Waals surface area contributed by atoms with Crippen LogP contribution in [0.2, 0.25) is 0 Å². The second-order valence-electron chi connectivity index (χ2n) is 3.16. The lowest BCUT2D eigenvalue weighted by atomic mass is 10.1. The molecule has 0 amide bonds. The molecule has 0 aliphatic rings. The standard InChI is InChI=1S/C10H10F4O2/c1-2-9(15)7-5-6(3-4-8(7)11)16-10(12,13)14/h3-5,9,15H,2H2,1H3. The molecule has 1 unspecified atom stereocenters. The first-order valence-electron chi connectivity index (χ1n) is 4.56. The Morgan fingerprint density at radius 1 is 1.38 bits per heavy atom. The van der Waals surface area contributed by atoms with Crippen LogP contribution in [0.15, 0.2) is 18.2 Å². The van der Waals surface area contributed by atoms with Crippen LogP contribution in [0.25, 0.3) is 0 Å². The first-order chi connectivity index (χ1) is 7.33. The molecule has 0 saturated heterocycles. The monoisotopic (exact) mass is 238 g/mol. The predicted octanol–water partition coefficient (Wildman–Crippen LogP) is 3.17. The molecule has 0 aliphatic carbocycles. The van der Waals surface area contributed by atoms with E-state index in [4.69, 9.17) is 0 Å². The quantitative estimate of drug-likeness (QED) is 0.819. The Morgan fingerprint density at radius 3 is 2.50 bits per heavy atom. The highest BCUT2D eigenvalue weighted by Gasteiger charge is 2.31. The number of halogens is 4. The van der Waals surface area contributed by atoms with E-state index in [1.807, 2.05) is 0 Å². The molecule has 90 valence electrons. The predicted molar refractivity (Wildman–Crippen MR) is 48.3 cm³/mol. The minimum Gasteiger partial charge on any atom is -0.406 e. The molecule has 0 aliphatic heterocycles. The lowest BCUT2D eigenvalue weighted by Gasteiger charge is -2.13. The summed E-state index contributed by atoms with van der Waals surface area (Å²) in [6.45, 7) is 1.58. The number of aliphatic hydroxyl groups excluding tert-OH is 1. The molecule has 0 radical (unpaired) electrons. The summed E-state index contributed by atoms with van der Waals surface area (Å²) in [6, 6.07) is 2.53. The maximum absolute atomic E-state index is 13.1. The van der Waals surface area contributed by atoms with Crippen LogP contribution in [0.4, 0.5) is 17.6 Å². The molecule has 1 rings (SSSR count). The van der Waals surface area contributed by atoms with Crippen molar-refractivity contribution in [1.29, 1.82) is 0 Å². The Bertz CT molecular complexity index is 362. The number of rotatable bonds is 3. The maximum Gasteiger partial charge on any atom is 0.573 e. The average Bonchev–Trinajstić information content (AvgIpc) is 2.18. The number of ether oxygens (including phenoxy) is 1. The molecule has 1 N–H and O–H groups in total. The first kappa shape index (κ1) is 12.8. The summed E-state index contributed by atoms with van der Waals surface area (Å²) in [7, 11) is 0. The van der Waals surface area contributed by atoms with Gasteiger partial charge in [0.2, 0.25) is 0 Å². The molecule has 0 aromatic heterocycles. The summed E-state index contributed by atoms with van der Waals surface area (Å²) in [5.41, 5.74) is -0.204. The van der Waals surface area contributed by atoms with Gasteiger partial charge >= 0.3 is 6.36 Å². The van der Waals surface area contributed by atoms with Crippen LogP contribution in [-0.4, -0.2) is 11.5 Å². The zero-order valence-electron chi connectivity index (χ0n) is 8.38. The van der Waals surface area contributed by atoms with E-state index in [-0.39, 0.29) is 12.0 Å². The Morgan fingerprint density at radius 2 is 2.00 bits per heavy atom. The number of alkyl halides is 3. The van der Waals surface area contributed by atoms with Crippen LogP contribution in [0.3, 0.4) is 0 Å². The zero-order valence-corrected chi connectivity index (χ0v) is 8.38. The van der Waals surface area contributed by atoms with E-state index in [0.29, 0.717) is 0 Å². The number of hydrogen-bond acceptors (Lipinski definition) is 2. The van der Waals surface area contributed by atoms with E-state index in [1.54, 1.807) is 6.92 Å². The fraction of sp³-hybridized carbons (Fsp3) is 0.400. The van der Waals surface area contributed by atoms with Crippen LogP contribution in [0.1, 0.15) is 25.0 Å². The molecule has 6 heteroatoms. The molecule has 16 heavy (non-hydrogen) atoms. The van der Waals surface area contributed by atoms with Crippen molar-refractivity contribution in [3.63, 3.8) is 0 Å². The number of hydrogen-bond donors (Lipinski definition) is 1. The van der Waals surface area contributed by atoms with Crippen molar-refractivity contribution in [1.82, 2.24) is 0 Å². The lowest BCUT2D eigenvalue weighted by Crippen LogP contribution is -2.17. The van der Waals surface area contributed by atoms with Gasteiger partial charge in [-0.3, -0.25) is 0 Å². The molecule has 0 bridgehead atoms. The highest BCUT2D eigenvalue weighted by molar-refractivity contribution is 5.31. The zero-order chi connectivity index (χ0) is 12.3. The van der Waals surface area contributed by atoms with Gasteiger partial charge in [-0.25, -0.2) is 4.39 Å². The van der Waals surface area contributed by atoms with E-state index < -0.39 is 24.0 Å². The summed E-state index contributed by atoms with van der Waals surface area (Å²) in [6.07, 6.45) is -5.77. The van der Waals surface area contributed by atoms with Gasteiger partial charge in [0.25, 0.3) is 0 Å². The van der Waals surface area contributed by atoms with Gasteiger partial charge in [-0.05, 0) is 24.6 Å². The number of benzene rings is 1. The minimum absolute atomic E-state index is 0.201. The average molecular weight is 238 g/mol. The largest absolute Gasteiger partial charge is 0.573 e. The van der Waals surface area contributed by atoms with Crippen LogP contribution >= 0.6 is 0 Å². The van der Waals surface area contributed by atoms with Gasteiger partial charge < -0.3 is 9.84 Å². The van der Waals surface area contributed by atoms with E-state index in [1.165, 1.54) is 0 Å². The van der Waals surface area contributed by atoms with Crippen molar-refractivity contribution in [3.05, 3.63) is 29.6 Å². The summed E-state index contributed by atoms with van der Waals surface area (Å²) in [5, 5.41) is 9.36. The van der Waals surface area contributed by atoms with Gasteiger partial charge in [-0.2, -0.15) is 0 Å². The molecule has 1 aromatic rings. The summed E-state index contributed by atoms with van der Waals surface area (Å²) in [5.74, 6) is -1.31. The molecular weight excluding hydrogens is 228 g/mol. The van der Waals surface area contributed by atoms with Crippen molar-refractivity contribution in [2.24, 2.45) is 0 Å². The first-order valence-corrected chi connectivity index (χ1v) is 4.56. The molecule has 0 heterocycles. The van der Waals surface area contributed by atoms with Crippen LogP contribution in [-0.2, 0) is 0 Å². The van der Waals surface area contributed by atoms with E-state index in [9.17, 15) is 22.7 Å². The van der Waals surface area contributed by atoms with Gasteiger partial charge in [0, 0.05) is 5.56 Å². The molecule has 0 saturated carbocycles. The van der Waals surface area contributed by atoms with Gasteiger partial charge in [0.05, 0.1) is 6.10 Å². The van der Waals surface area contributed by atoms with Crippen molar-refractivity contribution in [2.45, 2.75) is 25.8 Å². The molecule has 1 atom stereocenters. The molecule has 0 fully saturated rings. The Labute approximate surface area is 89.5 Å². The summed E-state index contributed by atoms with van der Waals surface area (Å²) in [4.78, 5) is 0. The van der Waals surface area contributed by atoms with Crippen molar-refractivity contribution in [3.8, 4) is 5.75 Å². The second-order valence-corrected chi connectivity index (χ2v) is 3.16. The summed E-state index contributed by atoms with van der Waals surface area (Å²) >= 11 is 0. The second kappa shape index (κ2) is 4.69. The molecule has 0 spiro atoms. The Balaban J connectivity index is 2.98. The molecular formula is C10H10F4O2. The summed E-state index contributed by atoms with van der Waals surface area (Å²) < 4.78 is 52.4. The van der Waals surface area contributed by atoms with E-state index in [0.717, 1.165) is 18.2 Å². The third kappa shape index (κ3) is 3.37. The van der Waals surface area contributed by atoms with Crippen LogP contribution in [0, 0.1) is 5.82 Å². The van der Waals surface area contributed by atoms with Crippen LogP contribution in [0.5, 0.6) is 5.75 Å². The van der Waals surface area contributed by atoms with Crippen molar-refractivity contribution in [2.75, 3.05) is 0 Å². The Hall–Kier alpha value is -1.30. The van der Waals surface area contributed by atoms with Crippen LogP contribution < -0.4 is 4.74 Å². The maximum atomic E-state index is 13.1. The van der Waals surface area contributed by atoms with E-state index in [2.05, 4.69) is 4.74 Å². The van der Waals surface area contributed by atoms with Gasteiger partial charge in [0.1, 0.15) is 11.6 Å². The Kier molecular flexibility index (Phi) is 3.74. The third-order valence-electron chi connectivity index (χ3n) is 1.95. The topological polar surface area (TPSA) is 29.5 Å². The third-order valence-corrected chi connectivity index (χ3v) is 1.95. The highest BCUT2D eigenvalue weighted by atomic mass is 19.4. The molecule has 2 nitrogen and oxygen atoms in total. The van der Waals surface area contributed by atoms with Crippen molar-refractivity contribution < 1.29 is 27.4 Å². The SMILES string of the molecule is CCC(O)c1cc(OC(F)(F)F)ccc1F. The van der Waals surface area contributed by atoms with Crippen molar-refractivity contribution >= 4 is 0 Å². The fourth-order valence-electron chi connectivity index (χ4n) is 1.19. The van der Waals surface area contributed by atoms with Gasteiger partial charge in [0.15, 0.2) is 0 Å². The van der Waals surface area contributed by atoms with E-state index >= 15 is 0 Å². The number of aliphatic hydroxyl groups is 1. The minimum atomic E-state index is -4.83. The van der Waals surface area contributed by atoms with Gasteiger partial charge in [-0.1, -0.05) is 6.92 Å². The smallest absolute Gasteiger partial charge is 0.406 e.